The number of hydrogen-bond donors (Lipinski definition) is 4. The van der Waals surface area contributed by atoms with Gasteiger partial charge in [-0.2, -0.15) is 0 Å². The molecule has 12 nitrogen and oxygen atoms in total. The normalized spacial score (nSPS) is 20.1. The number of nitrogens with zero attached hydrogens (tertiary/aromatic N) is 2. The summed E-state index contributed by atoms with van der Waals surface area (Å²) in [5.41, 5.74) is 0.711. The number of nitrogens with one attached hydrogen (secondary N) is 3. The summed E-state index contributed by atoms with van der Waals surface area (Å²) in [6, 6.07) is 6.67. The van der Waals surface area contributed by atoms with Crippen LogP contribution in [0.25, 0.3) is 0 Å². The van der Waals surface area contributed by atoms with Crippen molar-refractivity contribution in [2.24, 2.45) is 23.7 Å². The van der Waals surface area contributed by atoms with E-state index in [2.05, 4.69) is 16.0 Å². The number of aliphatic hydroxyl groups is 1. The van der Waals surface area contributed by atoms with Gasteiger partial charge in [0.05, 0.1) is 54.8 Å². The summed E-state index contributed by atoms with van der Waals surface area (Å²) < 4.78 is 11.9. The molecule has 1 aromatic carbocycles. The van der Waals surface area contributed by atoms with Crippen LogP contribution in [-0.4, -0.2) is 116 Å². The molecule has 1 saturated heterocycles. The number of likely N-dealkylation sites (N-methyl/N-ethyl adjacent to an activating group) is 2. The molecule has 4 amide bonds. The van der Waals surface area contributed by atoms with Crippen LogP contribution in [0.4, 0.5) is 0 Å². The first kappa shape index (κ1) is 44.1. The van der Waals surface area contributed by atoms with Crippen LogP contribution in [0, 0.1) is 23.7 Å². The lowest BCUT2D eigenvalue weighted by Crippen LogP contribution is -2.59. The molecule has 290 valence electrons. The van der Waals surface area contributed by atoms with Crippen molar-refractivity contribution in [2.45, 2.75) is 130 Å². The van der Waals surface area contributed by atoms with E-state index in [1.807, 2.05) is 71.9 Å². The van der Waals surface area contributed by atoms with Crippen LogP contribution in [0.5, 0.6) is 0 Å². The summed E-state index contributed by atoms with van der Waals surface area (Å²) in [6.45, 7) is 15.9. The van der Waals surface area contributed by atoms with Crippen molar-refractivity contribution >= 4 is 23.6 Å². The quantitative estimate of drug-likeness (QED) is 0.160. The van der Waals surface area contributed by atoms with Crippen LogP contribution < -0.4 is 16.0 Å². The largest absolute Gasteiger partial charge is 0.386 e. The summed E-state index contributed by atoms with van der Waals surface area (Å²) in [4.78, 5) is 58.3. The van der Waals surface area contributed by atoms with Crippen molar-refractivity contribution in [1.82, 2.24) is 25.8 Å². The summed E-state index contributed by atoms with van der Waals surface area (Å²) in [5.74, 6) is -1.62. The molecular weight excluding hydrogens is 650 g/mol. The number of rotatable bonds is 20. The highest BCUT2D eigenvalue weighted by molar-refractivity contribution is 5.90. The van der Waals surface area contributed by atoms with E-state index >= 15 is 0 Å². The highest BCUT2D eigenvalue weighted by Gasteiger charge is 2.43. The zero-order valence-corrected chi connectivity index (χ0v) is 33.1. The van der Waals surface area contributed by atoms with E-state index < -0.39 is 48.4 Å². The number of benzene rings is 1. The highest BCUT2D eigenvalue weighted by atomic mass is 16.5. The average molecular weight is 718 g/mol. The number of hydrogen-bond acceptors (Lipinski definition) is 8. The van der Waals surface area contributed by atoms with Crippen LogP contribution >= 0.6 is 0 Å². The Morgan fingerprint density at radius 3 is 2.04 bits per heavy atom. The predicted octanol–water partition coefficient (Wildman–Crippen LogP) is 3.53. The molecule has 4 N–H and O–H groups in total. The van der Waals surface area contributed by atoms with Gasteiger partial charge in [0, 0.05) is 27.8 Å². The molecule has 12 heteroatoms. The van der Waals surface area contributed by atoms with Gasteiger partial charge in [0.15, 0.2) is 0 Å². The summed E-state index contributed by atoms with van der Waals surface area (Å²) in [7, 11) is 6.57. The van der Waals surface area contributed by atoms with Crippen molar-refractivity contribution < 1.29 is 33.8 Å². The van der Waals surface area contributed by atoms with Crippen LogP contribution in [0.1, 0.15) is 92.7 Å². The number of carbonyl (C=O) groups is 4. The Kier molecular flexibility index (Phi) is 18.0. The number of amides is 4. The number of aliphatic hydroxyl groups excluding tert-OH is 1. The highest BCUT2D eigenvalue weighted by Crippen LogP contribution is 2.30. The molecule has 1 heterocycles. The maximum absolute atomic E-state index is 14.1. The smallest absolute Gasteiger partial charge is 0.245 e. The molecule has 2 rings (SSSR count). The molecule has 0 saturated carbocycles. The molecule has 2 unspecified atom stereocenters. The van der Waals surface area contributed by atoms with Crippen molar-refractivity contribution in [3.63, 3.8) is 0 Å². The Labute approximate surface area is 306 Å². The van der Waals surface area contributed by atoms with Crippen LogP contribution in [0.2, 0.25) is 0 Å². The molecule has 51 heavy (non-hydrogen) atoms. The molecule has 1 aliphatic heterocycles. The van der Waals surface area contributed by atoms with E-state index in [0.717, 1.165) is 12.8 Å². The van der Waals surface area contributed by atoms with E-state index in [1.165, 1.54) is 0 Å². The van der Waals surface area contributed by atoms with Gasteiger partial charge in [0.1, 0.15) is 6.04 Å². The maximum Gasteiger partial charge on any atom is 0.245 e. The Hall–Kier alpha value is -3.06. The van der Waals surface area contributed by atoms with E-state index in [1.54, 1.807) is 52.0 Å². The minimum absolute atomic E-state index is 0.0148. The number of carbonyl (C=O) groups excluding carboxylic acids is 4. The molecule has 0 spiro atoms. The minimum Gasteiger partial charge on any atom is -0.386 e. The lowest BCUT2D eigenvalue weighted by atomic mass is 9.89. The Morgan fingerprint density at radius 1 is 0.922 bits per heavy atom. The van der Waals surface area contributed by atoms with Crippen LogP contribution in [0.3, 0.4) is 0 Å². The first-order chi connectivity index (χ1) is 24.0. The first-order valence-electron chi connectivity index (χ1n) is 18.7. The van der Waals surface area contributed by atoms with Crippen molar-refractivity contribution in [2.75, 3.05) is 34.9 Å². The van der Waals surface area contributed by atoms with E-state index in [9.17, 15) is 24.3 Å². The standard InChI is InChI=1S/C39H67N5O7/c1-13-25(6)34(43(10)39(49)33(24(4)5)42-38(48)32(40-9)23(2)3)30(50-11)22-31(45)44-21-17-20-29(44)36(51-12)26(7)37(47)41-27(8)35(46)28-18-15-14-16-19-28/h14-16,18-19,23-27,29-30,32-36,40,46H,13,17,20-22H2,1-12H3,(H,41,47)(H,42,48)/t25?,26-,27-,29+,30-,32?,33+,34+,35-,36-/m1/s1. The lowest BCUT2D eigenvalue weighted by molar-refractivity contribution is -0.148. The van der Waals surface area contributed by atoms with E-state index in [4.69, 9.17) is 9.47 Å². The maximum atomic E-state index is 14.1. The van der Waals surface area contributed by atoms with Crippen molar-refractivity contribution in [1.29, 1.82) is 0 Å². The minimum atomic E-state index is -0.875. The number of likely N-dealkylation sites (tertiary alicyclic amines) is 1. The molecule has 10 atom stereocenters. The summed E-state index contributed by atoms with van der Waals surface area (Å²) in [5, 5.41) is 19.8. The molecule has 0 bridgehead atoms. The molecule has 1 aromatic rings. The van der Waals surface area contributed by atoms with Crippen molar-refractivity contribution in [3.05, 3.63) is 35.9 Å². The average Bonchev–Trinajstić information content (AvgIpc) is 3.59. The van der Waals surface area contributed by atoms with Gasteiger partial charge >= 0.3 is 0 Å². The zero-order valence-electron chi connectivity index (χ0n) is 33.1. The third-order valence-electron chi connectivity index (χ3n) is 10.7. The zero-order chi connectivity index (χ0) is 38.6. The fraction of sp³-hybridized carbons (Fsp3) is 0.744. The van der Waals surface area contributed by atoms with Gasteiger partial charge in [-0.25, -0.2) is 0 Å². The van der Waals surface area contributed by atoms with Gasteiger partial charge in [-0.3, -0.25) is 19.2 Å². The molecule has 1 fully saturated rings. The van der Waals surface area contributed by atoms with E-state index in [-0.39, 0.29) is 53.8 Å². The van der Waals surface area contributed by atoms with Gasteiger partial charge in [0.2, 0.25) is 23.6 Å². The van der Waals surface area contributed by atoms with Gasteiger partial charge in [-0.05, 0) is 50.1 Å². The second kappa shape index (κ2) is 20.8. The third-order valence-corrected chi connectivity index (χ3v) is 10.7. The van der Waals surface area contributed by atoms with Crippen molar-refractivity contribution in [3.8, 4) is 0 Å². The second-order valence-corrected chi connectivity index (χ2v) is 15.0. The first-order valence-corrected chi connectivity index (χ1v) is 18.7. The third kappa shape index (κ3) is 11.5. The van der Waals surface area contributed by atoms with E-state index in [0.29, 0.717) is 18.5 Å². The van der Waals surface area contributed by atoms with Crippen LogP contribution in [-0.2, 0) is 28.7 Å². The monoisotopic (exact) mass is 718 g/mol. The fourth-order valence-corrected chi connectivity index (χ4v) is 7.42. The summed E-state index contributed by atoms with van der Waals surface area (Å²) in [6.07, 6.45) is 0.147. The fourth-order valence-electron chi connectivity index (χ4n) is 7.42. The Bertz CT molecular complexity index is 1250. The molecule has 0 radical (unpaired) electrons. The van der Waals surface area contributed by atoms with Crippen LogP contribution in [0.15, 0.2) is 30.3 Å². The summed E-state index contributed by atoms with van der Waals surface area (Å²) >= 11 is 0. The molecule has 0 aliphatic carbocycles. The number of methoxy groups -OCH3 is 2. The SMILES string of the molecule is CCC(C)[C@@H]([C@@H](CC(=O)N1CCC[C@H]1[C@H](OC)[C@@H](C)C(=O)N[C@H](C)[C@@H](O)c1ccccc1)OC)N(C)C(=O)[C@@H](NC(=O)C(NC)C(C)C)C(C)C. The topological polar surface area (TPSA) is 150 Å². The Morgan fingerprint density at radius 2 is 1.53 bits per heavy atom. The van der Waals surface area contributed by atoms with Gasteiger partial charge in [0.25, 0.3) is 0 Å². The van der Waals surface area contributed by atoms with Gasteiger partial charge < -0.3 is 40.3 Å². The van der Waals surface area contributed by atoms with Gasteiger partial charge in [-0.1, -0.05) is 85.2 Å². The second-order valence-electron chi connectivity index (χ2n) is 15.0. The predicted molar refractivity (Wildman–Crippen MR) is 200 cm³/mol. The molecular formula is C39H67N5O7. The lowest BCUT2D eigenvalue weighted by Gasteiger charge is -2.41. The van der Waals surface area contributed by atoms with Gasteiger partial charge in [-0.15, -0.1) is 0 Å². The number of ether oxygens (including phenoxy) is 2. The Balaban J connectivity index is 2.24. The molecule has 0 aromatic heterocycles. The molecule has 1 aliphatic rings.